The van der Waals surface area contributed by atoms with Crippen molar-refractivity contribution in [3.05, 3.63) is 10.2 Å². The minimum atomic E-state index is -3.74. The topological polar surface area (TPSA) is 102 Å². The molecule has 0 saturated heterocycles. The summed E-state index contributed by atoms with van der Waals surface area (Å²) in [6, 6.07) is 0. The van der Waals surface area contributed by atoms with Gasteiger partial charge in [0.2, 0.25) is 5.91 Å². The Morgan fingerprint density at radius 2 is 2.27 bits per heavy atom. The van der Waals surface area contributed by atoms with Crippen LogP contribution in [0.5, 0.6) is 0 Å². The number of aromatic nitrogens is 1. The molecule has 1 amide bonds. The molecule has 6 nitrogen and oxygen atoms in total. The number of nitrogens with two attached hydrogens (primary N) is 1. The summed E-state index contributed by atoms with van der Waals surface area (Å²) in [5.41, 5.74) is 5.11. The van der Waals surface area contributed by atoms with E-state index in [9.17, 15) is 13.2 Å². The largest absolute Gasteiger partial charge is 0.369 e. The van der Waals surface area contributed by atoms with Gasteiger partial charge in [0.15, 0.2) is 8.68 Å². The maximum Gasteiger partial charge on any atom is 0.252 e. The molecule has 3 N–H and O–H groups in total. The van der Waals surface area contributed by atoms with Crippen LogP contribution in [0.1, 0.15) is 5.69 Å². The summed E-state index contributed by atoms with van der Waals surface area (Å²) in [6.45, 7) is 1.07. The van der Waals surface area contributed by atoms with Crippen LogP contribution in [0.3, 0.4) is 0 Å². The molecule has 0 saturated carbocycles. The second-order valence-corrected chi connectivity index (χ2v) is 6.17. The second kappa shape index (κ2) is 4.44. The van der Waals surface area contributed by atoms with E-state index in [4.69, 9.17) is 17.3 Å². The first-order valence-electron chi connectivity index (χ1n) is 3.74. The molecule has 0 radical (unpaired) electrons. The molecule has 9 heteroatoms. The van der Waals surface area contributed by atoms with Crippen LogP contribution < -0.4 is 10.5 Å². The molecule has 1 aromatic rings. The molecule has 1 heterocycles. The van der Waals surface area contributed by atoms with E-state index >= 15 is 0 Å². The van der Waals surface area contributed by atoms with Crippen LogP contribution in [-0.2, 0) is 14.8 Å². The van der Waals surface area contributed by atoms with Crippen molar-refractivity contribution < 1.29 is 13.2 Å². The Labute approximate surface area is 95.5 Å². The Hall–Kier alpha value is -0.700. The number of thiazole rings is 1. The van der Waals surface area contributed by atoms with Gasteiger partial charge >= 0.3 is 0 Å². The van der Waals surface area contributed by atoms with Gasteiger partial charge in [0.25, 0.3) is 10.0 Å². The number of primary amides is 1. The number of rotatable bonds is 4. The molecule has 1 aromatic heterocycles. The van der Waals surface area contributed by atoms with Crippen LogP contribution in [0.25, 0.3) is 0 Å². The highest BCUT2D eigenvalue weighted by molar-refractivity contribution is 7.91. The summed E-state index contributed by atoms with van der Waals surface area (Å²) in [6.07, 6.45) is 0. The fraction of sp³-hybridized carbons (Fsp3) is 0.333. The number of hydrogen-bond donors (Lipinski definition) is 2. The highest BCUT2D eigenvalue weighted by Crippen LogP contribution is 2.26. The first-order chi connectivity index (χ1) is 6.83. The third-order valence-electron chi connectivity index (χ3n) is 1.41. The second-order valence-electron chi connectivity index (χ2n) is 2.63. The van der Waals surface area contributed by atoms with E-state index in [1.54, 1.807) is 0 Å². The van der Waals surface area contributed by atoms with Crippen LogP contribution in [0, 0.1) is 6.92 Å². The van der Waals surface area contributed by atoms with E-state index in [-0.39, 0.29) is 8.68 Å². The van der Waals surface area contributed by atoms with Crippen LogP contribution in [-0.4, -0.2) is 25.9 Å². The molecule has 0 spiro atoms. The number of halogens is 1. The number of amides is 1. The Morgan fingerprint density at radius 3 is 2.67 bits per heavy atom. The standard InChI is InChI=1S/C6H8ClN3O3S2/c1-3-5(14-6(7)10-3)15(12,13)9-2-4(8)11/h9H,2H2,1H3,(H2,8,11). The number of nitrogens with zero attached hydrogens (tertiary/aromatic N) is 1. The zero-order valence-electron chi connectivity index (χ0n) is 7.65. The first kappa shape index (κ1) is 12.4. The number of hydrogen-bond acceptors (Lipinski definition) is 5. The maximum atomic E-state index is 11.6. The Kier molecular flexibility index (Phi) is 3.66. The van der Waals surface area contributed by atoms with Gasteiger partial charge in [0.1, 0.15) is 0 Å². The molecule has 0 atom stereocenters. The molecule has 15 heavy (non-hydrogen) atoms. The molecular formula is C6H8ClN3O3S2. The van der Waals surface area contributed by atoms with Crippen LogP contribution >= 0.6 is 22.9 Å². The Morgan fingerprint density at radius 1 is 1.67 bits per heavy atom. The van der Waals surface area contributed by atoms with Crippen molar-refractivity contribution in [3.63, 3.8) is 0 Å². The van der Waals surface area contributed by atoms with Gasteiger partial charge in [-0.3, -0.25) is 4.79 Å². The molecule has 0 fully saturated rings. The lowest BCUT2D eigenvalue weighted by atomic mass is 10.6. The zero-order chi connectivity index (χ0) is 11.6. The van der Waals surface area contributed by atoms with Crippen molar-refractivity contribution in [2.75, 3.05) is 6.54 Å². The lowest BCUT2D eigenvalue weighted by Gasteiger charge is -2.01. The van der Waals surface area contributed by atoms with Gasteiger partial charge in [0.05, 0.1) is 12.2 Å². The average Bonchev–Trinajstić information content (AvgIpc) is 2.43. The van der Waals surface area contributed by atoms with Gasteiger partial charge < -0.3 is 5.73 Å². The Bertz CT molecular complexity index is 482. The Balaban J connectivity index is 2.96. The molecule has 0 aliphatic heterocycles. The molecule has 0 aliphatic rings. The van der Waals surface area contributed by atoms with E-state index in [0.717, 1.165) is 11.3 Å². The third kappa shape index (κ3) is 3.13. The van der Waals surface area contributed by atoms with Crippen LogP contribution in [0.2, 0.25) is 4.47 Å². The number of carbonyl (C=O) groups is 1. The van der Waals surface area contributed by atoms with Gasteiger partial charge in [-0.15, -0.1) is 0 Å². The molecule has 0 bridgehead atoms. The smallest absolute Gasteiger partial charge is 0.252 e. The summed E-state index contributed by atoms with van der Waals surface area (Å²) in [5.74, 6) is -0.758. The van der Waals surface area contributed by atoms with Crippen molar-refractivity contribution >= 4 is 38.9 Å². The molecule has 1 rings (SSSR count). The molecule has 0 aromatic carbocycles. The van der Waals surface area contributed by atoms with Crippen molar-refractivity contribution in [2.45, 2.75) is 11.1 Å². The predicted molar refractivity (Wildman–Crippen MR) is 56.2 cm³/mol. The van der Waals surface area contributed by atoms with E-state index in [2.05, 4.69) is 4.98 Å². The van der Waals surface area contributed by atoms with E-state index in [0.29, 0.717) is 5.69 Å². The average molecular weight is 270 g/mol. The third-order valence-corrected chi connectivity index (χ3v) is 4.68. The highest BCUT2D eigenvalue weighted by atomic mass is 35.5. The fourth-order valence-electron chi connectivity index (χ4n) is 0.832. The summed E-state index contributed by atoms with van der Waals surface area (Å²) in [4.78, 5) is 14.2. The summed E-state index contributed by atoms with van der Waals surface area (Å²) >= 11 is 6.38. The molecule has 0 unspecified atom stereocenters. The lowest BCUT2D eigenvalue weighted by molar-refractivity contribution is -0.116. The summed E-state index contributed by atoms with van der Waals surface area (Å²) < 4.78 is 25.3. The minimum absolute atomic E-state index is 0.00579. The lowest BCUT2D eigenvalue weighted by Crippen LogP contribution is -2.33. The zero-order valence-corrected chi connectivity index (χ0v) is 10.0. The maximum absolute atomic E-state index is 11.6. The van der Waals surface area contributed by atoms with Crippen molar-refractivity contribution in [1.29, 1.82) is 0 Å². The van der Waals surface area contributed by atoms with E-state index in [1.165, 1.54) is 6.92 Å². The fourth-order valence-corrected chi connectivity index (χ4v) is 3.61. The number of carbonyl (C=O) groups excluding carboxylic acids is 1. The van der Waals surface area contributed by atoms with Crippen LogP contribution in [0.4, 0.5) is 0 Å². The highest BCUT2D eigenvalue weighted by Gasteiger charge is 2.21. The normalized spacial score (nSPS) is 11.6. The summed E-state index contributed by atoms with van der Waals surface area (Å²) in [7, 11) is -3.74. The van der Waals surface area contributed by atoms with Gasteiger partial charge in [-0.25, -0.2) is 18.1 Å². The number of nitrogens with one attached hydrogen (secondary N) is 1. The van der Waals surface area contributed by atoms with Gasteiger partial charge in [-0.2, -0.15) is 0 Å². The van der Waals surface area contributed by atoms with Crippen molar-refractivity contribution in [1.82, 2.24) is 9.71 Å². The van der Waals surface area contributed by atoms with Crippen molar-refractivity contribution in [2.24, 2.45) is 5.73 Å². The predicted octanol–water partition coefficient (Wildman–Crippen LogP) is -0.131. The van der Waals surface area contributed by atoms with Crippen LogP contribution in [0.15, 0.2) is 4.21 Å². The molecular weight excluding hydrogens is 262 g/mol. The van der Waals surface area contributed by atoms with Gasteiger partial charge in [-0.05, 0) is 6.92 Å². The molecule has 84 valence electrons. The van der Waals surface area contributed by atoms with Gasteiger partial charge in [0, 0.05) is 0 Å². The quantitative estimate of drug-likeness (QED) is 0.795. The van der Waals surface area contributed by atoms with Crippen molar-refractivity contribution in [3.8, 4) is 0 Å². The SMILES string of the molecule is Cc1nc(Cl)sc1S(=O)(=O)NCC(N)=O. The number of aryl methyl sites for hydroxylation is 1. The van der Waals surface area contributed by atoms with Gasteiger partial charge in [-0.1, -0.05) is 22.9 Å². The first-order valence-corrected chi connectivity index (χ1v) is 6.41. The minimum Gasteiger partial charge on any atom is -0.369 e. The molecule has 0 aliphatic carbocycles. The summed E-state index contributed by atoms with van der Waals surface area (Å²) in [5, 5.41) is 0. The number of sulfonamides is 1. The van der Waals surface area contributed by atoms with E-state index in [1.807, 2.05) is 4.72 Å². The monoisotopic (exact) mass is 269 g/mol. The van der Waals surface area contributed by atoms with E-state index < -0.39 is 22.5 Å².